The molecule has 0 unspecified atom stereocenters. The number of hydrogen-bond acceptors (Lipinski definition) is 1. The van der Waals surface area contributed by atoms with Crippen LogP contribution in [0.3, 0.4) is 0 Å². The van der Waals surface area contributed by atoms with Gasteiger partial charge in [0.05, 0.1) is 0 Å². The van der Waals surface area contributed by atoms with Crippen molar-refractivity contribution in [2.24, 2.45) is 5.92 Å². The van der Waals surface area contributed by atoms with Crippen LogP contribution in [0.5, 0.6) is 0 Å². The second-order valence-electron chi connectivity index (χ2n) is 5.67. The lowest BCUT2D eigenvalue weighted by molar-refractivity contribution is 0.355. The molecule has 0 radical (unpaired) electrons. The van der Waals surface area contributed by atoms with Gasteiger partial charge in [0, 0.05) is 18.0 Å². The molecule has 19 heavy (non-hydrogen) atoms. The molecule has 0 amide bonds. The Kier molecular flexibility index (Phi) is 5.92. The number of halogens is 2. The maximum absolute atomic E-state index is 13.4. The lowest BCUT2D eigenvalue weighted by Crippen LogP contribution is -2.38. The average Bonchev–Trinajstić information content (AvgIpc) is 2.33. The zero-order chi connectivity index (χ0) is 14.5. The first-order valence-electron chi connectivity index (χ1n) is 7.10. The standard InChI is InChI=1S/C16H25F2N/c1-5-16(6-2,11-19-10-12(3)4)13-7-14(17)9-15(18)8-13/h7-9,12,19H,5-6,10-11H2,1-4H3. The fraction of sp³-hybridized carbons (Fsp3) is 0.625. The van der Waals surface area contributed by atoms with Gasteiger partial charge in [-0.15, -0.1) is 0 Å². The molecule has 108 valence electrons. The van der Waals surface area contributed by atoms with Crippen LogP contribution in [0, 0.1) is 17.6 Å². The summed E-state index contributed by atoms with van der Waals surface area (Å²) in [5, 5.41) is 3.42. The van der Waals surface area contributed by atoms with Gasteiger partial charge in [0.25, 0.3) is 0 Å². The third-order valence-corrected chi connectivity index (χ3v) is 3.84. The van der Waals surface area contributed by atoms with Gasteiger partial charge in [-0.05, 0) is 43.0 Å². The lowest BCUT2D eigenvalue weighted by Gasteiger charge is -2.33. The zero-order valence-corrected chi connectivity index (χ0v) is 12.4. The van der Waals surface area contributed by atoms with Crippen molar-refractivity contribution < 1.29 is 8.78 Å². The lowest BCUT2D eigenvalue weighted by atomic mass is 9.75. The smallest absolute Gasteiger partial charge is 0.126 e. The fourth-order valence-electron chi connectivity index (χ4n) is 2.47. The van der Waals surface area contributed by atoms with Crippen LogP contribution in [-0.4, -0.2) is 13.1 Å². The Morgan fingerprint density at radius 1 is 1.05 bits per heavy atom. The largest absolute Gasteiger partial charge is 0.316 e. The molecule has 1 aromatic rings. The molecule has 0 atom stereocenters. The zero-order valence-electron chi connectivity index (χ0n) is 12.4. The maximum Gasteiger partial charge on any atom is 0.126 e. The number of benzene rings is 1. The first kappa shape index (κ1) is 16.1. The molecule has 0 spiro atoms. The van der Waals surface area contributed by atoms with Gasteiger partial charge >= 0.3 is 0 Å². The summed E-state index contributed by atoms with van der Waals surface area (Å²) in [6.45, 7) is 10.1. The van der Waals surface area contributed by atoms with Gasteiger partial charge in [-0.25, -0.2) is 8.78 Å². The molecule has 0 aromatic heterocycles. The van der Waals surface area contributed by atoms with Gasteiger partial charge in [0.1, 0.15) is 11.6 Å². The van der Waals surface area contributed by atoms with Crippen LogP contribution < -0.4 is 5.32 Å². The van der Waals surface area contributed by atoms with Crippen LogP contribution in [0.25, 0.3) is 0 Å². The van der Waals surface area contributed by atoms with Crippen LogP contribution >= 0.6 is 0 Å². The number of rotatable bonds is 7. The predicted octanol–water partition coefficient (Wildman–Crippen LogP) is 4.27. The molecule has 0 saturated heterocycles. The van der Waals surface area contributed by atoms with E-state index in [1.54, 1.807) is 0 Å². The highest BCUT2D eigenvalue weighted by Gasteiger charge is 2.29. The minimum atomic E-state index is -0.495. The van der Waals surface area contributed by atoms with Crippen LogP contribution in [0.4, 0.5) is 8.78 Å². The van der Waals surface area contributed by atoms with Crippen molar-refractivity contribution >= 4 is 0 Å². The van der Waals surface area contributed by atoms with E-state index >= 15 is 0 Å². The summed E-state index contributed by atoms with van der Waals surface area (Å²) >= 11 is 0. The Balaban J connectivity index is 2.96. The van der Waals surface area contributed by atoms with E-state index in [0.717, 1.165) is 37.6 Å². The Labute approximate surface area is 115 Å². The van der Waals surface area contributed by atoms with Gasteiger partial charge in [-0.1, -0.05) is 27.7 Å². The van der Waals surface area contributed by atoms with Crippen LogP contribution in [0.1, 0.15) is 46.1 Å². The Morgan fingerprint density at radius 3 is 2.00 bits per heavy atom. The van der Waals surface area contributed by atoms with E-state index in [1.165, 1.54) is 12.1 Å². The summed E-state index contributed by atoms with van der Waals surface area (Å²) in [6.07, 6.45) is 1.72. The van der Waals surface area contributed by atoms with Gasteiger partial charge < -0.3 is 5.32 Å². The SMILES string of the molecule is CCC(CC)(CNCC(C)C)c1cc(F)cc(F)c1. The monoisotopic (exact) mass is 269 g/mol. The second-order valence-corrected chi connectivity index (χ2v) is 5.67. The van der Waals surface area contributed by atoms with Gasteiger partial charge in [-0.2, -0.15) is 0 Å². The molecule has 0 aliphatic rings. The summed E-state index contributed by atoms with van der Waals surface area (Å²) < 4.78 is 26.8. The Bertz CT molecular complexity index is 377. The van der Waals surface area contributed by atoms with E-state index in [1.807, 2.05) is 0 Å². The normalized spacial score (nSPS) is 12.2. The van der Waals surface area contributed by atoms with E-state index in [0.29, 0.717) is 5.92 Å². The Morgan fingerprint density at radius 2 is 1.58 bits per heavy atom. The van der Waals surface area contributed by atoms with E-state index in [4.69, 9.17) is 0 Å². The highest BCUT2D eigenvalue weighted by molar-refractivity contribution is 5.27. The third-order valence-electron chi connectivity index (χ3n) is 3.84. The Hall–Kier alpha value is -0.960. The number of nitrogens with one attached hydrogen (secondary N) is 1. The molecule has 0 saturated carbocycles. The van der Waals surface area contributed by atoms with Crippen LogP contribution in [-0.2, 0) is 5.41 Å². The van der Waals surface area contributed by atoms with Gasteiger partial charge in [-0.3, -0.25) is 0 Å². The van der Waals surface area contributed by atoms with Crippen molar-refractivity contribution in [2.45, 2.75) is 46.0 Å². The minimum Gasteiger partial charge on any atom is -0.316 e. The molecule has 0 aliphatic carbocycles. The first-order chi connectivity index (χ1) is 8.93. The summed E-state index contributed by atoms with van der Waals surface area (Å²) in [7, 11) is 0. The van der Waals surface area contributed by atoms with Crippen molar-refractivity contribution in [1.29, 1.82) is 0 Å². The van der Waals surface area contributed by atoms with E-state index < -0.39 is 11.6 Å². The molecule has 0 bridgehead atoms. The molecular formula is C16H25F2N. The van der Waals surface area contributed by atoms with Gasteiger partial charge in [0.2, 0.25) is 0 Å². The minimum absolute atomic E-state index is 0.197. The summed E-state index contributed by atoms with van der Waals surface area (Å²) in [5.74, 6) is -0.425. The van der Waals surface area contributed by atoms with Crippen LogP contribution in [0.2, 0.25) is 0 Å². The van der Waals surface area contributed by atoms with Crippen molar-refractivity contribution in [2.75, 3.05) is 13.1 Å². The van der Waals surface area contributed by atoms with Crippen molar-refractivity contribution in [1.82, 2.24) is 5.32 Å². The molecule has 1 aromatic carbocycles. The summed E-state index contributed by atoms with van der Waals surface area (Å²) in [5.41, 5.74) is 0.559. The first-order valence-corrected chi connectivity index (χ1v) is 7.10. The highest BCUT2D eigenvalue weighted by Crippen LogP contribution is 2.32. The van der Waals surface area contributed by atoms with Crippen LogP contribution in [0.15, 0.2) is 18.2 Å². The molecule has 1 nitrogen and oxygen atoms in total. The second kappa shape index (κ2) is 6.99. The maximum atomic E-state index is 13.4. The van der Waals surface area contributed by atoms with Crippen molar-refractivity contribution in [3.8, 4) is 0 Å². The number of hydrogen-bond donors (Lipinski definition) is 1. The summed E-state index contributed by atoms with van der Waals surface area (Å²) in [4.78, 5) is 0. The molecule has 0 aliphatic heterocycles. The average molecular weight is 269 g/mol. The van der Waals surface area contributed by atoms with E-state index in [-0.39, 0.29) is 5.41 Å². The molecule has 0 fully saturated rings. The summed E-state index contributed by atoms with van der Waals surface area (Å²) in [6, 6.07) is 3.86. The van der Waals surface area contributed by atoms with Crippen molar-refractivity contribution in [3.05, 3.63) is 35.4 Å². The quantitative estimate of drug-likeness (QED) is 0.779. The molecule has 3 heteroatoms. The highest BCUT2D eigenvalue weighted by atomic mass is 19.1. The molecular weight excluding hydrogens is 244 g/mol. The topological polar surface area (TPSA) is 12.0 Å². The molecule has 1 N–H and O–H groups in total. The van der Waals surface area contributed by atoms with Gasteiger partial charge in [0.15, 0.2) is 0 Å². The fourth-order valence-corrected chi connectivity index (χ4v) is 2.47. The van der Waals surface area contributed by atoms with Crippen molar-refractivity contribution in [3.63, 3.8) is 0 Å². The predicted molar refractivity (Wildman–Crippen MR) is 76.3 cm³/mol. The van der Waals surface area contributed by atoms with E-state index in [9.17, 15) is 8.78 Å². The molecule has 0 heterocycles. The molecule has 1 rings (SSSR count). The third kappa shape index (κ3) is 4.27. The van der Waals surface area contributed by atoms with E-state index in [2.05, 4.69) is 33.0 Å².